The Balaban J connectivity index is 3.02. The van der Waals surface area contributed by atoms with Gasteiger partial charge in [0.15, 0.2) is 0 Å². The molecule has 0 aliphatic rings. The van der Waals surface area contributed by atoms with Crippen LogP contribution in [0.5, 0.6) is 0 Å². The molecule has 0 bridgehead atoms. The molecule has 0 aliphatic heterocycles. The smallest absolute Gasteiger partial charge is 0.123 e. The second-order valence-corrected chi connectivity index (χ2v) is 4.46. The number of rotatable bonds is 0. The Morgan fingerprint density at radius 3 is 1.20 bits per heavy atom. The molecule has 0 fully saturated rings. The van der Waals surface area contributed by atoms with Crippen molar-refractivity contribution in [2.75, 3.05) is 12.5 Å². The summed E-state index contributed by atoms with van der Waals surface area (Å²) in [6, 6.07) is 0. The van der Waals surface area contributed by atoms with Crippen LogP contribution in [-0.4, -0.2) is 26.8 Å². The molecule has 0 spiro atoms. The van der Waals surface area contributed by atoms with Crippen molar-refractivity contribution < 1.29 is 0 Å². The minimum Gasteiger partial charge on any atom is -0.328 e. The lowest BCUT2D eigenvalue weighted by Gasteiger charge is -2.15. The van der Waals surface area contributed by atoms with Crippen molar-refractivity contribution in [2.24, 2.45) is 0 Å². The van der Waals surface area contributed by atoms with Gasteiger partial charge < -0.3 is 9.73 Å². The van der Waals surface area contributed by atoms with E-state index in [2.05, 4.69) is 0 Å². The third kappa shape index (κ3) is 120. The Labute approximate surface area is 37.3 Å². The van der Waals surface area contributed by atoms with Gasteiger partial charge in [0.1, 0.15) is 14.2 Å². The second-order valence-electron chi connectivity index (χ2n) is 1.49. The van der Waals surface area contributed by atoms with Gasteiger partial charge in [-0.3, -0.25) is 0 Å². The molecule has 3 heteroatoms. The molecule has 0 amide bonds. The molecule has 0 aromatic heterocycles. The SMILES string of the molecule is [B]S([B])(C)C. The molecule has 4 radical (unpaired) electrons. The first kappa shape index (κ1) is 5.48. The summed E-state index contributed by atoms with van der Waals surface area (Å²) in [6.07, 6.45) is 3.65. The second kappa shape index (κ2) is 1.29. The van der Waals surface area contributed by atoms with Crippen molar-refractivity contribution in [3.05, 3.63) is 0 Å². The normalized spacial score (nSPS) is 14.8. The van der Waals surface area contributed by atoms with E-state index in [-0.39, 0.29) is 0 Å². The van der Waals surface area contributed by atoms with E-state index in [1.165, 1.54) is 0 Å². The maximum atomic E-state index is 5.22. The molecule has 0 aliphatic carbocycles. The Morgan fingerprint density at radius 2 is 1.20 bits per heavy atom. The van der Waals surface area contributed by atoms with Crippen molar-refractivity contribution in [2.45, 2.75) is 0 Å². The Bertz CT molecular complexity index is 23.1. The third-order valence-electron chi connectivity index (χ3n) is 0. The van der Waals surface area contributed by atoms with Crippen LogP contribution in [0, 0.1) is 0 Å². The molecule has 0 atom stereocenters. The zero-order valence-corrected chi connectivity index (χ0v) is 4.38. The highest BCUT2D eigenvalue weighted by atomic mass is 32.3. The van der Waals surface area contributed by atoms with Crippen LogP contribution < -0.4 is 0 Å². The standard InChI is InChI=1S/C2H6B2S/c1-5(2,3)4/h1-2H3. The Kier molecular flexibility index (Phi) is 1.42. The molecule has 0 N–H and O–H groups in total. The largest absolute Gasteiger partial charge is 0.328 e. The Morgan fingerprint density at radius 1 is 1.20 bits per heavy atom. The van der Waals surface area contributed by atoms with Gasteiger partial charge in [-0.05, 0) is 0 Å². The monoisotopic (exact) mass is 84.0 g/mol. The average Bonchev–Trinajstić information content (AvgIpc) is 0.722. The predicted octanol–water partition coefficient (Wildman–Crippen LogP) is 0.218. The molecule has 0 heterocycles. The van der Waals surface area contributed by atoms with E-state index in [1.54, 1.807) is 0 Å². The van der Waals surface area contributed by atoms with E-state index in [0.717, 1.165) is 0 Å². The van der Waals surface area contributed by atoms with Crippen molar-refractivity contribution >= 4 is 24.0 Å². The predicted molar refractivity (Wildman–Crippen MR) is 30.9 cm³/mol. The van der Waals surface area contributed by atoms with E-state index in [4.69, 9.17) is 14.2 Å². The van der Waals surface area contributed by atoms with E-state index in [9.17, 15) is 0 Å². The van der Waals surface area contributed by atoms with Crippen LogP contribution in [0.1, 0.15) is 0 Å². The van der Waals surface area contributed by atoms with Crippen LogP contribution in [-0.2, 0) is 0 Å². The zero-order chi connectivity index (χ0) is 4.50. The van der Waals surface area contributed by atoms with E-state index in [0.29, 0.717) is 0 Å². The van der Waals surface area contributed by atoms with Crippen LogP contribution in [0.15, 0.2) is 0 Å². The van der Waals surface area contributed by atoms with Crippen molar-refractivity contribution in [3.63, 3.8) is 0 Å². The summed E-state index contributed by atoms with van der Waals surface area (Å²) in [7, 11) is 9.26. The molecule has 0 aromatic rings. The zero-order valence-electron chi connectivity index (χ0n) is 3.56. The first-order chi connectivity index (χ1) is 2.00. The van der Waals surface area contributed by atoms with Crippen LogP contribution in [0.2, 0.25) is 0 Å². The highest BCUT2D eigenvalue weighted by Crippen LogP contribution is 2.23. The summed E-state index contributed by atoms with van der Waals surface area (Å²) in [4.78, 5) is 0. The van der Waals surface area contributed by atoms with Gasteiger partial charge in [0, 0.05) is 0 Å². The lowest BCUT2D eigenvalue weighted by molar-refractivity contribution is 2.33. The quantitative estimate of drug-likeness (QED) is 0.368. The number of hydrogen-bond donors (Lipinski definition) is 0. The minimum absolute atomic E-state index is 1.17. The highest BCUT2D eigenvalue weighted by molar-refractivity contribution is 8.63. The molecule has 26 valence electrons. The van der Waals surface area contributed by atoms with Gasteiger partial charge in [-0.15, -0.1) is 0 Å². The van der Waals surface area contributed by atoms with Crippen LogP contribution >= 0.6 is 9.73 Å². The summed E-state index contributed by atoms with van der Waals surface area (Å²) in [5, 5.41) is 0. The van der Waals surface area contributed by atoms with Gasteiger partial charge in [0.05, 0.1) is 0 Å². The van der Waals surface area contributed by atoms with E-state index >= 15 is 0 Å². The first-order valence-electron chi connectivity index (χ1n) is 1.29. The molecule has 5 heavy (non-hydrogen) atoms. The molecule has 0 aromatic carbocycles. The first-order valence-corrected chi connectivity index (χ1v) is 3.86. The lowest BCUT2D eigenvalue weighted by Crippen LogP contribution is -1.88. The number of hydrogen-bond acceptors (Lipinski definition) is 0. The fourth-order valence-electron chi connectivity index (χ4n) is 0. The minimum atomic E-state index is -1.17. The fraction of sp³-hybridized carbons (Fsp3) is 1.00. The summed E-state index contributed by atoms with van der Waals surface area (Å²) >= 11 is 0. The molecule has 0 unspecified atom stereocenters. The van der Waals surface area contributed by atoms with Gasteiger partial charge in [-0.2, -0.15) is 0 Å². The summed E-state index contributed by atoms with van der Waals surface area (Å²) < 4.78 is 0. The van der Waals surface area contributed by atoms with Crippen LogP contribution in [0.3, 0.4) is 0 Å². The lowest BCUT2D eigenvalue weighted by atomic mass is 10.7. The summed E-state index contributed by atoms with van der Waals surface area (Å²) in [6.45, 7) is 0. The summed E-state index contributed by atoms with van der Waals surface area (Å²) in [5.41, 5.74) is 0. The molecular weight excluding hydrogens is 77.7 g/mol. The van der Waals surface area contributed by atoms with Crippen LogP contribution in [0.4, 0.5) is 0 Å². The highest BCUT2D eigenvalue weighted by Gasteiger charge is 1.87. The molecule has 0 saturated heterocycles. The topological polar surface area (TPSA) is 0 Å². The Hall–Kier alpha value is 0.480. The van der Waals surface area contributed by atoms with Gasteiger partial charge in [-0.1, -0.05) is 12.5 Å². The molecule has 0 rings (SSSR count). The molecule has 0 saturated carbocycles. The summed E-state index contributed by atoms with van der Waals surface area (Å²) in [5.74, 6) is 0. The van der Waals surface area contributed by atoms with Gasteiger partial charge in [0.2, 0.25) is 0 Å². The maximum absolute atomic E-state index is 5.22. The van der Waals surface area contributed by atoms with Gasteiger partial charge in [0.25, 0.3) is 0 Å². The van der Waals surface area contributed by atoms with Crippen LogP contribution in [0.25, 0.3) is 0 Å². The van der Waals surface area contributed by atoms with Crippen molar-refractivity contribution in [1.29, 1.82) is 0 Å². The molecular formula is C2H6B2S. The average molecular weight is 83.8 g/mol. The van der Waals surface area contributed by atoms with Crippen molar-refractivity contribution in [1.82, 2.24) is 0 Å². The van der Waals surface area contributed by atoms with E-state index in [1.807, 2.05) is 12.5 Å². The van der Waals surface area contributed by atoms with Gasteiger partial charge in [-0.25, -0.2) is 0 Å². The molecule has 0 nitrogen and oxygen atoms in total. The van der Waals surface area contributed by atoms with Crippen molar-refractivity contribution in [3.8, 4) is 0 Å². The van der Waals surface area contributed by atoms with E-state index < -0.39 is 9.73 Å². The fourth-order valence-corrected chi connectivity index (χ4v) is 0. The third-order valence-corrected chi connectivity index (χ3v) is 0. The maximum Gasteiger partial charge on any atom is 0.123 e. The van der Waals surface area contributed by atoms with Gasteiger partial charge >= 0.3 is 0 Å².